The first kappa shape index (κ1) is 16.5. The predicted octanol–water partition coefficient (Wildman–Crippen LogP) is 3.31. The average molecular weight is 308 g/mol. The van der Waals surface area contributed by atoms with Crippen molar-refractivity contribution in [3.63, 3.8) is 0 Å². The molecular formula is C17H28N2OS. The van der Waals surface area contributed by atoms with Crippen LogP contribution in [0.25, 0.3) is 0 Å². The first-order valence-electron chi connectivity index (χ1n) is 8.25. The molecule has 1 amide bonds. The number of likely N-dealkylation sites (tertiary alicyclic amines) is 1. The van der Waals surface area contributed by atoms with Crippen LogP contribution in [0.15, 0.2) is 17.5 Å². The standard InChI is InChI=1S/C17H28N2OS/c1-15-8-12-19(13-9-15)11-4-10-18-17(20)7-2-5-16-6-3-14-21-16/h3,6,14-15H,2,4-5,7-13H2,1H3,(H,18,20). The lowest BCUT2D eigenvalue weighted by Gasteiger charge is -2.30. The molecule has 1 saturated heterocycles. The second-order valence-electron chi connectivity index (χ2n) is 6.16. The third-order valence-corrected chi connectivity index (χ3v) is 5.19. The molecule has 0 aromatic carbocycles. The SMILES string of the molecule is CC1CCN(CCCNC(=O)CCCc2cccs2)CC1. The summed E-state index contributed by atoms with van der Waals surface area (Å²) in [6.07, 6.45) is 6.36. The number of carbonyl (C=O) groups excluding carboxylic acids is 1. The highest BCUT2D eigenvalue weighted by molar-refractivity contribution is 7.09. The van der Waals surface area contributed by atoms with Crippen LogP contribution in [-0.2, 0) is 11.2 Å². The summed E-state index contributed by atoms with van der Waals surface area (Å²) >= 11 is 1.77. The fraction of sp³-hybridized carbons (Fsp3) is 0.706. The van der Waals surface area contributed by atoms with E-state index in [4.69, 9.17) is 0 Å². The lowest BCUT2D eigenvalue weighted by molar-refractivity contribution is -0.121. The minimum Gasteiger partial charge on any atom is -0.356 e. The van der Waals surface area contributed by atoms with Gasteiger partial charge < -0.3 is 10.2 Å². The number of thiophene rings is 1. The molecule has 1 aromatic rings. The Morgan fingerprint density at radius 2 is 2.19 bits per heavy atom. The van der Waals surface area contributed by atoms with Gasteiger partial charge in [0.05, 0.1) is 0 Å². The minimum atomic E-state index is 0.207. The number of carbonyl (C=O) groups is 1. The van der Waals surface area contributed by atoms with Crippen LogP contribution in [0.5, 0.6) is 0 Å². The lowest BCUT2D eigenvalue weighted by atomic mass is 9.99. The van der Waals surface area contributed by atoms with Gasteiger partial charge in [-0.05, 0) is 69.1 Å². The molecule has 1 N–H and O–H groups in total. The molecule has 0 bridgehead atoms. The first-order valence-corrected chi connectivity index (χ1v) is 9.13. The van der Waals surface area contributed by atoms with Crippen molar-refractivity contribution >= 4 is 17.2 Å². The van der Waals surface area contributed by atoms with Crippen LogP contribution in [0.3, 0.4) is 0 Å². The summed E-state index contributed by atoms with van der Waals surface area (Å²) in [6, 6.07) is 4.21. The fourth-order valence-electron chi connectivity index (χ4n) is 2.78. The van der Waals surface area contributed by atoms with Crippen LogP contribution in [0.2, 0.25) is 0 Å². The van der Waals surface area contributed by atoms with Gasteiger partial charge in [-0.1, -0.05) is 13.0 Å². The van der Waals surface area contributed by atoms with E-state index in [1.807, 2.05) is 0 Å². The van der Waals surface area contributed by atoms with Gasteiger partial charge in [0, 0.05) is 17.8 Å². The van der Waals surface area contributed by atoms with Crippen molar-refractivity contribution in [2.45, 2.75) is 45.4 Å². The second-order valence-corrected chi connectivity index (χ2v) is 7.19. The Morgan fingerprint density at radius 1 is 1.38 bits per heavy atom. The molecule has 0 atom stereocenters. The number of hydrogen-bond donors (Lipinski definition) is 1. The number of nitrogens with one attached hydrogen (secondary N) is 1. The van der Waals surface area contributed by atoms with Crippen molar-refractivity contribution in [2.75, 3.05) is 26.2 Å². The number of rotatable bonds is 8. The van der Waals surface area contributed by atoms with Gasteiger partial charge in [0.2, 0.25) is 5.91 Å². The van der Waals surface area contributed by atoms with E-state index in [2.05, 4.69) is 34.7 Å². The van der Waals surface area contributed by atoms with E-state index >= 15 is 0 Å². The van der Waals surface area contributed by atoms with Gasteiger partial charge in [-0.15, -0.1) is 11.3 Å². The molecule has 0 unspecified atom stereocenters. The fourth-order valence-corrected chi connectivity index (χ4v) is 3.53. The summed E-state index contributed by atoms with van der Waals surface area (Å²) in [7, 11) is 0. The maximum Gasteiger partial charge on any atom is 0.220 e. The second kappa shape index (κ2) is 9.21. The number of piperidine rings is 1. The van der Waals surface area contributed by atoms with Gasteiger partial charge in [0.1, 0.15) is 0 Å². The van der Waals surface area contributed by atoms with Crippen LogP contribution in [-0.4, -0.2) is 37.0 Å². The molecule has 0 spiro atoms. The summed E-state index contributed by atoms with van der Waals surface area (Å²) in [5, 5.41) is 5.14. The maximum absolute atomic E-state index is 11.7. The van der Waals surface area contributed by atoms with Gasteiger partial charge in [-0.25, -0.2) is 0 Å². The molecule has 3 nitrogen and oxygen atoms in total. The van der Waals surface area contributed by atoms with E-state index in [-0.39, 0.29) is 5.91 Å². The van der Waals surface area contributed by atoms with Gasteiger partial charge in [0.15, 0.2) is 0 Å². The Labute approximate surface area is 132 Å². The third-order valence-electron chi connectivity index (χ3n) is 4.26. The van der Waals surface area contributed by atoms with Crippen LogP contribution < -0.4 is 5.32 Å². The van der Waals surface area contributed by atoms with Gasteiger partial charge >= 0.3 is 0 Å². The summed E-state index contributed by atoms with van der Waals surface area (Å²) in [5.41, 5.74) is 0. The van der Waals surface area contributed by atoms with E-state index in [1.165, 1.54) is 30.8 Å². The Morgan fingerprint density at radius 3 is 2.90 bits per heavy atom. The van der Waals surface area contributed by atoms with Crippen LogP contribution in [0.1, 0.15) is 43.9 Å². The quantitative estimate of drug-likeness (QED) is 0.747. The first-order chi connectivity index (χ1) is 10.2. The van der Waals surface area contributed by atoms with Crippen LogP contribution in [0, 0.1) is 5.92 Å². The molecule has 21 heavy (non-hydrogen) atoms. The molecule has 118 valence electrons. The van der Waals surface area contributed by atoms with E-state index in [0.717, 1.165) is 38.3 Å². The normalized spacial score (nSPS) is 17.0. The van der Waals surface area contributed by atoms with Crippen molar-refractivity contribution < 1.29 is 4.79 Å². The van der Waals surface area contributed by atoms with E-state index in [9.17, 15) is 4.79 Å². The molecular weight excluding hydrogens is 280 g/mol. The summed E-state index contributed by atoms with van der Waals surface area (Å²) < 4.78 is 0. The molecule has 4 heteroatoms. The molecule has 1 aromatic heterocycles. The monoisotopic (exact) mass is 308 g/mol. The van der Waals surface area contributed by atoms with Crippen molar-refractivity contribution in [1.29, 1.82) is 0 Å². The summed E-state index contributed by atoms with van der Waals surface area (Å²) in [4.78, 5) is 15.7. The van der Waals surface area contributed by atoms with Gasteiger partial charge in [-0.2, -0.15) is 0 Å². The number of amides is 1. The minimum absolute atomic E-state index is 0.207. The van der Waals surface area contributed by atoms with Crippen molar-refractivity contribution in [2.24, 2.45) is 5.92 Å². The molecule has 0 radical (unpaired) electrons. The van der Waals surface area contributed by atoms with Gasteiger partial charge in [0.25, 0.3) is 0 Å². The van der Waals surface area contributed by atoms with Crippen molar-refractivity contribution in [3.05, 3.63) is 22.4 Å². The van der Waals surface area contributed by atoms with E-state index in [0.29, 0.717) is 6.42 Å². The van der Waals surface area contributed by atoms with E-state index in [1.54, 1.807) is 11.3 Å². The zero-order valence-electron chi connectivity index (χ0n) is 13.1. The summed E-state index contributed by atoms with van der Waals surface area (Å²) in [5.74, 6) is 1.10. The van der Waals surface area contributed by atoms with Crippen molar-refractivity contribution in [1.82, 2.24) is 10.2 Å². The smallest absolute Gasteiger partial charge is 0.220 e. The van der Waals surface area contributed by atoms with Crippen LogP contribution >= 0.6 is 11.3 Å². The molecule has 1 aliphatic heterocycles. The lowest BCUT2D eigenvalue weighted by Crippen LogP contribution is -2.35. The topological polar surface area (TPSA) is 32.3 Å². The molecule has 0 saturated carbocycles. The van der Waals surface area contributed by atoms with E-state index < -0.39 is 0 Å². The molecule has 2 rings (SSSR count). The Bertz CT molecular complexity index is 397. The Balaban J connectivity index is 1.45. The average Bonchev–Trinajstić information content (AvgIpc) is 2.99. The van der Waals surface area contributed by atoms with Crippen molar-refractivity contribution in [3.8, 4) is 0 Å². The zero-order chi connectivity index (χ0) is 14.9. The number of nitrogens with zero attached hydrogens (tertiary/aromatic N) is 1. The molecule has 1 fully saturated rings. The summed E-state index contributed by atoms with van der Waals surface area (Å²) in [6.45, 7) is 6.76. The maximum atomic E-state index is 11.7. The predicted molar refractivity (Wildman–Crippen MR) is 89.7 cm³/mol. The Hall–Kier alpha value is -0.870. The zero-order valence-corrected chi connectivity index (χ0v) is 14.0. The largest absolute Gasteiger partial charge is 0.356 e. The highest BCUT2D eigenvalue weighted by atomic mass is 32.1. The highest BCUT2D eigenvalue weighted by Crippen LogP contribution is 2.15. The van der Waals surface area contributed by atoms with Gasteiger partial charge in [-0.3, -0.25) is 4.79 Å². The molecule has 1 aliphatic rings. The number of aryl methyl sites for hydroxylation is 1. The highest BCUT2D eigenvalue weighted by Gasteiger charge is 2.14. The molecule has 2 heterocycles. The molecule has 0 aliphatic carbocycles. The Kier molecular flexibility index (Phi) is 7.24. The van der Waals surface area contributed by atoms with Crippen LogP contribution in [0.4, 0.5) is 0 Å². The third kappa shape index (κ3) is 6.62. The number of hydrogen-bond acceptors (Lipinski definition) is 3.